The van der Waals surface area contributed by atoms with Crippen LogP contribution < -0.4 is 15.4 Å². The van der Waals surface area contributed by atoms with Crippen molar-refractivity contribution in [2.45, 2.75) is 13.5 Å². The highest BCUT2D eigenvalue weighted by Gasteiger charge is 2.08. The van der Waals surface area contributed by atoms with Crippen LogP contribution >= 0.6 is 39.1 Å². The largest absolute Gasteiger partial charge is 0.483 e. The van der Waals surface area contributed by atoms with Gasteiger partial charge in [-0.05, 0) is 82.5 Å². The zero-order chi connectivity index (χ0) is 20.8. The van der Waals surface area contributed by atoms with Gasteiger partial charge in [-0.15, -0.1) is 0 Å². The Kier molecular flexibility index (Phi) is 7.42. The number of nitrogens with one attached hydrogen (secondary N) is 2. The summed E-state index contributed by atoms with van der Waals surface area (Å²) in [6, 6.07) is 18.4. The van der Waals surface area contributed by atoms with Crippen LogP contribution in [0.5, 0.6) is 5.75 Å². The first-order chi connectivity index (χ1) is 13.9. The van der Waals surface area contributed by atoms with Crippen LogP contribution in [-0.2, 0) is 11.3 Å². The molecule has 0 aliphatic rings. The summed E-state index contributed by atoms with van der Waals surface area (Å²) in [5.74, 6) is 0.348. The summed E-state index contributed by atoms with van der Waals surface area (Å²) >= 11 is 15.4. The maximum absolute atomic E-state index is 12.1. The normalized spacial score (nSPS) is 10.5. The fraction of sp³-hybridized carbons (Fsp3) is 0.136. The van der Waals surface area contributed by atoms with Gasteiger partial charge >= 0.3 is 0 Å². The third kappa shape index (κ3) is 6.39. The molecule has 0 unspecified atom stereocenters. The smallest absolute Gasteiger partial charge is 0.262 e. The lowest BCUT2D eigenvalue weighted by molar-refractivity contribution is -0.118. The molecule has 29 heavy (non-hydrogen) atoms. The molecule has 4 nitrogen and oxygen atoms in total. The zero-order valence-electron chi connectivity index (χ0n) is 15.6. The number of carbonyl (C=O) groups excluding carboxylic acids is 1. The van der Waals surface area contributed by atoms with E-state index in [2.05, 4.69) is 26.6 Å². The average Bonchev–Trinajstić information content (AvgIpc) is 2.69. The van der Waals surface area contributed by atoms with Crippen LogP contribution in [0.25, 0.3) is 0 Å². The first-order valence-corrected chi connectivity index (χ1v) is 10.4. The molecule has 0 atom stereocenters. The first-order valence-electron chi connectivity index (χ1n) is 8.87. The number of aryl methyl sites for hydroxylation is 1. The Morgan fingerprint density at radius 2 is 1.72 bits per heavy atom. The molecule has 7 heteroatoms. The third-order valence-corrected chi connectivity index (χ3v) is 5.27. The SMILES string of the molecule is Cc1ccc(Cl)cc1NCc1ccc(OCC(=O)Nc2ccc(Cl)cc2)c(Br)c1. The maximum atomic E-state index is 12.1. The Balaban J connectivity index is 1.54. The van der Waals surface area contributed by atoms with Gasteiger partial charge in [0, 0.05) is 28.0 Å². The predicted octanol–water partition coefficient (Wildman–Crippen LogP) is 6.69. The van der Waals surface area contributed by atoms with Gasteiger partial charge in [-0.2, -0.15) is 0 Å². The number of benzene rings is 3. The van der Waals surface area contributed by atoms with E-state index in [4.69, 9.17) is 27.9 Å². The Morgan fingerprint density at radius 3 is 2.45 bits per heavy atom. The summed E-state index contributed by atoms with van der Waals surface area (Å²) in [5, 5.41) is 7.45. The highest BCUT2D eigenvalue weighted by molar-refractivity contribution is 9.10. The second kappa shape index (κ2) is 10.0. The standard InChI is InChI=1S/C22H19BrCl2N2O2/c1-14-2-4-17(25)11-20(14)26-12-15-3-9-21(19(23)10-15)29-13-22(28)27-18-7-5-16(24)6-8-18/h2-11,26H,12-13H2,1H3,(H,27,28). The molecular formula is C22H19BrCl2N2O2. The van der Waals surface area contributed by atoms with Gasteiger partial charge in [-0.3, -0.25) is 4.79 Å². The van der Waals surface area contributed by atoms with Crippen molar-refractivity contribution in [1.82, 2.24) is 0 Å². The number of halogens is 3. The minimum absolute atomic E-state index is 0.0967. The van der Waals surface area contributed by atoms with Crippen molar-refractivity contribution < 1.29 is 9.53 Å². The molecule has 3 aromatic carbocycles. The zero-order valence-corrected chi connectivity index (χ0v) is 18.7. The Bertz CT molecular complexity index is 1010. The molecule has 0 saturated carbocycles. The summed E-state index contributed by atoms with van der Waals surface area (Å²) in [6.07, 6.45) is 0. The Morgan fingerprint density at radius 1 is 1.00 bits per heavy atom. The van der Waals surface area contributed by atoms with Gasteiger partial charge in [0.1, 0.15) is 5.75 Å². The maximum Gasteiger partial charge on any atom is 0.262 e. The number of carbonyl (C=O) groups is 1. The molecule has 3 rings (SSSR count). The van der Waals surface area contributed by atoms with Crippen molar-refractivity contribution in [2.24, 2.45) is 0 Å². The molecule has 0 radical (unpaired) electrons. The lowest BCUT2D eigenvalue weighted by Gasteiger charge is -2.12. The second-order valence-corrected chi connectivity index (χ2v) is 8.15. The number of hydrogen-bond acceptors (Lipinski definition) is 3. The highest BCUT2D eigenvalue weighted by Crippen LogP contribution is 2.27. The summed E-state index contributed by atoms with van der Waals surface area (Å²) in [5.41, 5.74) is 3.85. The Hall–Kier alpha value is -2.21. The summed E-state index contributed by atoms with van der Waals surface area (Å²) < 4.78 is 6.40. The van der Waals surface area contributed by atoms with Crippen molar-refractivity contribution in [3.05, 3.63) is 86.3 Å². The lowest BCUT2D eigenvalue weighted by atomic mass is 10.1. The molecule has 0 fully saturated rings. The third-order valence-electron chi connectivity index (χ3n) is 4.17. The minimum atomic E-state index is -0.249. The summed E-state index contributed by atoms with van der Waals surface area (Å²) in [4.78, 5) is 12.1. The van der Waals surface area contributed by atoms with Crippen molar-refractivity contribution in [3.8, 4) is 5.75 Å². The van der Waals surface area contributed by atoms with Crippen LogP contribution in [0.4, 0.5) is 11.4 Å². The van der Waals surface area contributed by atoms with Crippen molar-refractivity contribution in [2.75, 3.05) is 17.2 Å². The van der Waals surface area contributed by atoms with E-state index in [1.165, 1.54) is 0 Å². The quantitative estimate of drug-likeness (QED) is 0.385. The minimum Gasteiger partial charge on any atom is -0.483 e. The van der Waals surface area contributed by atoms with Crippen LogP contribution in [-0.4, -0.2) is 12.5 Å². The van der Waals surface area contributed by atoms with E-state index in [1.54, 1.807) is 24.3 Å². The van der Waals surface area contributed by atoms with Gasteiger partial charge in [0.2, 0.25) is 0 Å². The number of anilines is 2. The van der Waals surface area contributed by atoms with Crippen LogP contribution in [0, 0.1) is 6.92 Å². The van der Waals surface area contributed by atoms with E-state index in [1.807, 2.05) is 43.3 Å². The van der Waals surface area contributed by atoms with E-state index in [0.29, 0.717) is 28.0 Å². The molecule has 1 amide bonds. The van der Waals surface area contributed by atoms with Crippen LogP contribution in [0.1, 0.15) is 11.1 Å². The lowest BCUT2D eigenvalue weighted by Crippen LogP contribution is -2.20. The Labute approximate surface area is 188 Å². The first kappa shape index (κ1) is 21.5. The van der Waals surface area contributed by atoms with Crippen molar-refractivity contribution in [3.63, 3.8) is 0 Å². The molecule has 2 N–H and O–H groups in total. The molecule has 0 aliphatic heterocycles. The number of ether oxygens (including phenoxy) is 1. The van der Waals surface area contributed by atoms with Gasteiger partial charge in [-0.25, -0.2) is 0 Å². The molecule has 0 spiro atoms. The van der Waals surface area contributed by atoms with Crippen LogP contribution in [0.2, 0.25) is 10.0 Å². The predicted molar refractivity (Wildman–Crippen MR) is 123 cm³/mol. The van der Waals surface area contributed by atoms with Gasteiger partial charge in [0.25, 0.3) is 5.91 Å². The molecule has 0 aliphatic carbocycles. The molecular weight excluding hydrogens is 475 g/mol. The molecule has 0 saturated heterocycles. The van der Waals surface area contributed by atoms with Gasteiger partial charge in [0.05, 0.1) is 4.47 Å². The highest BCUT2D eigenvalue weighted by atomic mass is 79.9. The monoisotopic (exact) mass is 492 g/mol. The fourth-order valence-corrected chi connectivity index (χ4v) is 3.47. The van der Waals surface area contributed by atoms with E-state index in [9.17, 15) is 4.79 Å². The molecule has 0 bridgehead atoms. The van der Waals surface area contributed by atoms with Crippen LogP contribution in [0.15, 0.2) is 65.1 Å². The number of rotatable bonds is 7. The van der Waals surface area contributed by atoms with Gasteiger partial charge in [-0.1, -0.05) is 35.3 Å². The number of hydrogen-bond donors (Lipinski definition) is 2. The van der Waals surface area contributed by atoms with Crippen molar-refractivity contribution >= 4 is 56.4 Å². The van der Waals surface area contributed by atoms with Crippen molar-refractivity contribution in [1.29, 1.82) is 0 Å². The van der Waals surface area contributed by atoms with Crippen LogP contribution in [0.3, 0.4) is 0 Å². The van der Waals surface area contributed by atoms with Gasteiger partial charge in [0.15, 0.2) is 6.61 Å². The summed E-state index contributed by atoms with van der Waals surface area (Å²) in [6.45, 7) is 2.57. The van der Waals surface area contributed by atoms with E-state index in [-0.39, 0.29) is 12.5 Å². The fourth-order valence-electron chi connectivity index (χ4n) is 2.63. The van der Waals surface area contributed by atoms with E-state index >= 15 is 0 Å². The number of amides is 1. The van der Waals surface area contributed by atoms with E-state index in [0.717, 1.165) is 21.3 Å². The molecule has 150 valence electrons. The second-order valence-electron chi connectivity index (χ2n) is 6.42. The van der Waals surface area contributed by atoms with E-state index < -0.39 is 0 Å². The summed E-state index contributed by atoms with van der Waals surface area (Å²) in [7, 11) is 0. The average molecular weight is 494 g/mol. The topological polar surface area (TPSA) is 50.4 Å². The van der Waals surface area contributed by atoms with Gasteiger partial charge < -0.3 is 15.4 Å². The molecule has 3 aromatic rings. The molecule has 0 heterocycles. The molecule has 0 aromatic heterocycles.